The van der Waals surface area contributed by atoms with E-state index in [-0.39, 0.29) is 11.9 Å². The normalized spacial score (nSPS) is 22.9. The molecule has 0 N–H and O–H groups in total. The summed E-state index contributed by atoms with van der Waals surface area (Å²) in [6, 6.07) is 6.87. The molecule has 0 bridgehead atoms. The van der Waals surface area contributed by atoms with Crippen molar-refractivity contribution in [1.29, 1.82) is 0 Å². The van der Waals surface area contributed by atoms with E-state index in [9.17, 15) is 9.59 Å². The summed E-state index contributed by atoms with van der Waals surface area (Å²) in [6.07, 6.45) is 0.897. The molecule has 8 heteroatoms. The number of hydrogen-bond acceptors (Lipinski definition) is 5. The van der Waals surface area contributed by atoms with Crippen molar-refractivity contribution >= 4 is 29.4 Å². The van der Waals surface area contributed by atoms with Gasteiger partial charge in [-0.25, -0.2) is 14.3 Å². The van der Waals surface area contributed by atoms with Crippen LogP contribution < -0.4 is 9.64 Å². The summed E-state index contributed by atoms with van der Waals surface area (Å²) in [4.78, 5) is 34.2. The van der Waals surface area contributed by atoms with Gasteiger partial charge in [0.15, 0.2) is 0 Å². The number of guanidine groups is 1. The van der Waals surface area contributed by atoms with Gasteiger partial charge in [0.1, 0.15) is 11.4 Å². The molecule has 1 atom stereocenters. The molecule has 3 heterocycles. The summed E-state index contributed by atoms with van der Waals surface area (Å²) in [6.45, 7) is 1.53. The van der Waals surface area contributed by atoms with Gasteiger partial charge in [-0.2, -0.15) is 0 Å². The van der Waals surface area contributed by atoms with Crippen LogP contribution in [0.5, 0.6) is 5.75 Å². The average molecular weight is 342 g/mol. The third-order valence-corrected chi connectivity index (χ3v) is 4.90. The fraction of sp³-hybridized carbons (Fsp3) is 0.412. The Kier molecular flexibility index (Phi) is 3.48. The number of rotatable bonds is 2. The predicted octanol–water partition coefficient (Wildman–Crippen LogP) is 0.578. The molecule has 130 valence electrons. The number of nitrogens with zero attached hydrogens (tertiary/aromatic N) is 5. The highest BCUT2D eigenvalue weighted by Crippen LogP contribution is 2.27. The molecular formula is C17H20N5O3+. The number of anilines is 1. The second kappa shape index (κ2) is 5.58. The van der Waals surface area contributed by atoms with Gasteiger partial charge in [0.2, 0.25) is 11.9 Å². The van der Waals surface area contributed by atoms with Gasteiger partial charge in [-0.1, -0.05) is 11.1 Å². The Labute approximate surface area is 145 Å². The Bertz CT molecular complexity index is 831. The van der Waals surface area contributed by atoms with Crippen LogP contribution in [0, 0.1) is 0 Å². The molecular weight excluding hydrogens is 322 g/mol. The van der Waals surface area contributed by atoms with E-state index < -0.39 is 6.04 Å². The van der Waals surface area contributed by atoms with Crippen molar-refractivity contribution in [2.75, 3.05) is 39.2 Å². The van der Waals surface area contributed by atoms with E-state index in [2.05, 4.69) is 9.89 Å². The number of methoxy groups -OCH3 is 1. The van der Waals surface area contributed by atoms with Crippen LogP contribution in [0.2, 0.25) is 0 Å². The minimum absolute atomic E-state index is 0.232. The molecule has 4 rings (SSSR count). The Balaban J connectivity index is 1.79. The number of amidine groups is 1. The van der Waals surface area contributed by atoms with E-state index in [0.717, 1.165) is 35.8 Å². The topological polar surface area (TPSA) is 68.5 Å². The van der Waals surface area contributed by atoms with Crippen molar-refractivity contribution in [2.45, 2.75) is 12.5 Å². The van der Waals surface area contributed by atoms with Crippen LogP contribution in [0.4, 0.5) is 10.5 Å². The Morgan fingerprint density at radius 3 is 2.80 bits per heavy atom. The first-order chi connectivity index (χ1) is 12.0. The smallest absolute Gasteiger partial charge is 0.397 e. The number of hydrogen-bond donors (Lipinski definition) is 0. The fourth-order valence-electron chi connectivity index (χ4n) is 3.55. The highest BCUT2D eigenvalue weighted by Gasteiger charge is 2.53. The fourth-order valence-corrected chi connectivity index (χ4v) is 3.55. The van der Waals surface area contributed by atoms with Gasteiger partial charge in [0.05, 0.1) is 20.2 Å². The third-order valence-electron chi connectivity index (χ3n) is 4.90. The molecule has 0 spiro atoms. The second-order valence-corrected chi connectivity index (χ2v) is 6.31. The van der Waals surface area contributed by atoms with Crippen LogP contribution in [-0.2, 0) is 4.79 Å². The van der Waals surface area contributed by atoms with Crippen LogP contribution in [-0.4, -0.2) is 78.4 Å². The molecule has 25 heavy (non-hydrogen) atoms. The van der Waals surface area contributed by atoms with Crippen LogP contribution in [0.25, 0.3) is 0 Å². The molecule has 1 unspecified atom stereocenters. The maximum Gasteiger partial charge on any atom is 0.397 e. The molecule has 0 aliphatic carbocycles. The van der Waals surface area contributed by atoms with Gasteiger partial charge >= 0.3 is 12.0 Å². The first kappa shape index (κ1) is 15.6. The maximum atomic E-state index is 12.7. The molecule has 3 aliphatic rings. The quantitative estimate of drug-likeness (QED) is 0.737. The lowest BCUT2D eigenvalue weighted by Crippen LogP contribution is -2.62. The second-order valence-electron chi connectivity index (χ2n) is 6.31. The lowest BCUT2D eigenvalue weighted by Gasteiger charge is -2.32. The summed E-state index contributed by atoms with van der Waals surface area (Å²) >= 11 is 0. The molecule has 0 saturated carbocycles. The van der Waals surface area contributed by atoms with E-state index in [1.807, 2.05) is 28.8 Å². The van der Waals surface area contributed by atoms with E-state index in [4.69, 9.17) is 4.74 Å². The van der Waals surface area contributed by atoms with Crippen molar-refractivity contribution in [2.24, 2.45) is 4.99 Å². The van der Waals surface area contributed by atoms with Crippen molar-refractivity contribution in [1.82, 2.24) is 9.80 Å². The summed E-state index contributed by atoms with van der Waals surface area (Å²) < 4.78 is 7.30. The largest absolute Gasteiger partial charge is 0.497 e. The van der Waals surface area contributed by atoms with Gasteiger partial charge < -0.3 is 4.74 Å². The standard InChI is InChI=1S/C17H20N5O3/c1-19-14-13(15(23)20(2)17(19)24)22-9-5-8-21(16(22)18-14)11-6-4-7-12(10-11)25-3/h4,6-7,10,13H,5,8-9H2,1-3H3/q+1. The van der Waals surface area contributed by atoms with Gasteiger partial charge in [0, 0.05) is 26.6 Å². The number of carbonyl (C=O) groups is 2. The van der Waals surface area contributed by atoms with Gasteiger partial charge in [-0.05, 0) is 12.1 Å². The first-order valence-corrected chi connectivity index (χ1v) is 8.22. The minimum Gasteiger partial charge on any atom is -0.497 e. The van der Waals surface area contributed by atoms with Crippen LogP contribution in [0.15, 0.2) is 29.3 Å². The lowest BCUT2D eigenvalue weighted by molar-refractivity contribution is -0.539. The maximum absolute atomic E-state index is 12.7. The number of carbonyl (C=O) groups excluding carboxylic acids is 2. The Hall–Kier alpha value is -2.90. The Morgan fingerprint density at radius 1 is 1.24 bits per heavy atom. The molecule has 1 aromatic rings. The molecule has 3 amide bonds. The van der Waals surface area contributed by atoms with Crippen molar-refractivity contribution in [3.63, 3.8) is 0 Å². The van der Waals surface area contributed by atoms with Crippen molar-refractivity contribution in [3.05, 3.63) is 24.3 Å². The number of benzene rings is 1. The summed E-state index contributed by atoms with van der Waals surface area (Å²) in [7, 11) is 4.81. The molecule has 8 nitrogen and oxygen atoms in total. The van der Waals surface area contributed by atoms with Crippen LogP contribution >= 0.6 is 0 Å². The molecule has 0 aromatic heterocycles. The molecule has 3 aliphatic heterocycles. The summed E-state index contributed by atoms with van der Waals surface area (Å²) in [5.74, 6) is 1.74. The molecule has 1 fully saturated rings. The zero-order valence-electron chi connectivity index (χ0n) is 14.5. The van der Waals surface area contributed by atoms with Crippen molar-refractivity contribution < 1.29 is 18.9 Å². The molecule has 0 radical (unpaired) electrons. The third kappa shape index (κ3) is 2.20. The summed E-state index contributed by atoms with van der Waals surface area (Å²) in [5, 5.41) is 0. The van der Waals surface area contributed by atoms with E-state index in [1.54, 1.807) is 14.2 Å². The van der Waals surface area contributed by atoms with E-state index >= 15 is 0 Å². The first-order valence-electron chi connectivity index (χ1n) is 8.22. The number of fused-ring (bicyclic) bond motifs is 2. The molecule has 1 aromatic carbocycles. The van der Waals surface area contributed by atoms with E-state index in [1.165, 1.54) is 11.9 Å². The summed E-state index contributed by atoms with van der Waals surface area (Å²) in [5.41, 5.74) is 0.955. The number of ether oxygens (including phenoxy) is 1. The monoisotopic (exact) mass is 342 g/mol. The number of amides is 3. The SMILES string of the molecule is COc1cccc(N2CCC[N+]3=C2N=C2C3C(=O)N(C)C(=O)N2C)c1. The number of imide groups is 1. The average Bonchev–Trinajstić information content (AvgIpc) is 3.04. The van der Waals surface area contributed by atoms with Gasteiger partial charge in [0.25, 0.3) is 5.91 Å². The highest BCUT2D eigenvalue weighted by atomic mass is 16.5. The van der Waals surface area contributed by atoms with Crippen LogP contribution in [0.1, 0.15) is 6.42 Å². The number of aliphatic imine (C=N–C) groups is 1. The highest BCUT2D eigenvalue weighted by molar-refractivity contribution is 6.23. The minimum atomic E-state index is -0.531. The van der Waals surface area contributed by atoms with Crippen LogP contribution in [0.3, 0.4) is 0 Å². The lowest BCUT2D eigenvalue weighted by atomic mass is 10.1. The zero-order valence-corrected chi connectivity index (χ0v) is 14.5. The predicted molar refractivity (Wildman–Crippen MR) is 92.2 cm³/mol. The van der Waals surface area contributed by atoms with Crippen molar-refractivity contribution in [3.8, 4) is 5.75 Å². The zero-order chi connectivity index (χ0) is 17.7. The Morgan fingerprint density at radius 2 is 2.04 bits per heavy atom. The van der Waals surface area contributed by atoms with Gasteiger partial charge in [-0.3, -0.25) is 14.6 Å². The van der Waals surface area contributed by atoms with Gasteiger partial charge in [-0.15, -0.1) is 0 Å². The number of urea groups is 1. The van der Waals surface area contributed by atoms with E-state index in [0.29, 0.717) is 11.8 Å². The molecule has 1 saturated heterocycles. The number of likely N-dealkylation sites (N-methyl/N-ethyl adjacent to an activating group) is 2.